The molecule has 0 amide bonds. The van der Waals surface area contributed by atoms with Crippen LogP contribution in [0.5, 0.6) is 0 Å². The summed E-state index contributed by atoms with van der Waals surface area (Å²) in [5.74, 6) is 0. The average Bonchev–Trinajstić information content (AvgIpc) is 2.26. The number of quaternary nitrogens is 1. The summed E-state index contributed by atoms with van der Waals surface area (Å²) < 4.78 is 83.3. The third-order valence-corrected chi connectivity index (χ3v) is 3.43. The van der Waals surface area contributed by atoms with E-state index in [0.29, 0.717) is 6.54 Å². The molecule has 0 radical (unpaired) electrons. The molecule has 20 heavy (non-hydrogen) atoms. The van der Waals surface area contributed by atoms with Crippen LogP contribution in [0.25, 0.3) is 0 Å². The van der Waals surface area contributed by atoms with Crippen LogP contribution in [-0.2, 0) is 10.1 Å². The molecule has 0 atom stereocenters. The molecule has 10 heteroatoms. The van der Waals surface area contributed by atoms with Crippen molar-refractivity contribution in [3.63, 3.8) is 0 Å². The normalized spacial score (nSPS) is 18.8. The molecule has 0 aromatic carbocycles. The predicted octanol–water partition coefficient (Wildman–Crippen LogP) is 2.45. The lowest BCUT2D eigenvalue weighted by Crippen LogP contribution is -2.47. The van der Waals surface area contributed by atoms with Gasteiger partial charge in [0.05, 0.1) is 20.1 Å². The number of hydrogen-bond acceptors (Lipinski definition) is 3. The molecule has 0 aliphatic carbocycles. The van der Waals surface area contributed by atoms with Gasteiger partial charge in [0.25, 0.3) is 6.08 Å². The van der Waals surface area contributed by atoms with Crippen molar-refractivity contribution in [3.05, 3.63) is 12.2 Å². The van der Waals surface area contributed by atoms with E-state index >= 15 is 0 Å². The SMILES string of the molecule is C[N+]1(CC=C(F)F)CCCCC1.O=S(=O)([O-])C(F)(F)F. The van der Waals surface area contributed by atoms with Crippen LogP contribution in [0.3, 0.4) is 0 Å². The molecular weight excluding hydrogens is 309 g/mol. The summed E-state index contributed by atoms with van der Waals surface area (Å²) in [5, 5.41) is 0. The molecule has 1 aliphatic heterocycles. The molecule has 0 saturated carbocycles. The number of piperidine rings is 1. The van der Waals surface area contributed by atoms with Gasteiger partial charge in [0.15, 0.2) is 10.1 Å². The monoisotopic (exact) mass is 325 g/mol. The summed E-state index contributed by atoms with van der Waals surface area (Å²) in [4.78, 5) is 0. The van der Waals surface area contributed by atoms with E-state index in [1.165, 1.54) is 19.3 Å². The van der Waals surface area contributed by atoms with Gasteiger partial charge in [0.1, 0.15) is 6.54 Å². The standard InChI is InChI=1S/C9H16F2N.CHF3O3S/c1-12(8-5-9(10)11)6-3-2-4-7-12;2-1(3,4)8(5,6)7/h5H,2-4,6-8H2,1H3;(H,5,6,7)/q+1;/p-1. The molecule has 0 aromatic rings. The van der Waals surface area contributed by atoms with Gasteiger partial charge in [0.2, 0.25) is 0 Å². The zero-order valence-electron chi connectivity index (χ0n) is 10.8. The van der Waals surface area contributed by atoms with Crippen molar-refractivity contribution >= 4 is 10.1 Å². The Bertz CT molecular complexity index is 423. The van der Waals surface area contributed by atoms with Crippen molar-refractivity contribution in [3.8, 4) is 0 Å². The Morgan fingerprint density at radius 3 is 1.90 bits per heavy atom. The lowest BCUT2D eigenvalue weighted by Gasteiger charge is -2.36. The highest BCUT2D eigenvalue weighted by Gasteiger charge is 2.36. The van der Waals surface area contributed by atoms with Crippen molar-refractivity contribution in [2.75, 3.05) is 26.7 Å². The Morgan fingerprint density at radius 2 is 1.60 bits per heavy atom. The Labute approximate surface area is 114 Å². The quantitative estimate of drug-likeness (QED) is 0.339. The first kappa shape index (κ1) is 19.3. The highest BCUT2D eigenvalue weighted by atomic mass is 32.2. The van der Waals surface area contributed by atoms with Crippen molar-refractivity contribution in [2.24, 2.45) is 0 Å². The van der Waals surface area contributed by atoms with Gasteiger partial charge in [-0.1, -0.05) is 0 Å². The summed E-state index contributed by atoms with van der Waals surface area (Å²) in [6, 6.07) is 0. The molecule has 1 rings (SSSR count). The fraction of sp³-hybridized carbons (Fsp3) is 0.800. The summed E-state index contributed by atoms with van der Waals surface area (Å²) in [5.41, 5.74) is -5.65. The number of likely N-dealkylation sites (tertiary alicyclic amines) is 1. The molecule has 0 spiro atoms. The van der Waals surface area contributed by atoms with E-state index < -0.39 is 21.7 Å². The molecule has 120 valence electrons. The van der Waals surface area contributed by atoms with Crippen LogP contribution in [0.4, 0.5) is 22.0 Å². The minimum Gasteiger partial charge on any atom is -0.741 e. The fourth-order valence-corrected chi connectivity index (χ4v) is 1.75. The Hall–Kier alpha value is -0.740. The number of nitrogens with zero attached hydrogens (tertiary/aromatic N) is 1. The van der Waals surface area contributed by atoms with E-state index in [-0.39, 0.29) is 0 Å². The molecule has 0 aromatic heterocycles. The molecule has 0 bridgehead atoms. The molecule has 1 aliphatic rings. The summed E-state index contributed by atoms with van der Waals surface area (Å²) in [6.07, 6.45) is 3.12. The van der Waals surface area contributed by atoms with Gasteiger partial charge in [-0.25, -0.2) is 8.42 Å². The highest BCUT2D eigenvalue weighted by Crippen LogP contribution is 2.20. The Kier molecular flexibility index (Phi) is 7.05. The van der Waals surface area contributed by atoms with Crippen LogP contribution in [0.2, 0.25) is 0 Å². The fourth-order valence-electron chi connectivity index (χ4n) is 1.75. The van der Waals surface area contributed by atoms with Gasteiger partial charge < -0.3 is 9.04 Å². The van der Waals surface area contributed by atoms with Gasteiger partial charge in [-0.15, -0.1) is 0 Å². The van der Waals surface area contributed by atoms with E-state index in [1.54, 1.807) is 0 Å². The van der Waals surface area contributed by atoms with Crippen molar-refractivity contribution in [1.29, 1.82) is 0 Å². The van der Waals surface area contributed by atoms with Crippen LogP contribution >= 0.6 is 0 Å². The zero-order valence-corrected chi connectivity index (χ0v) is 11.6. The van der Waals surface area contributed by atoms with E-state index in [2.05, 4.69) is 7.05 Å². The Balaban J connectivity index is 0.000000396. The first-order valence-electron chi connectivity index (χ1n) is 5.74. The maximum atomic E-state index is 11.8. The predicted molar refractivity (Wildman–Crippen MR) is 60.7 cm³/mol. The summed E-state index contributed by atoms with van der Waals surface area (Å²) in [6.45, 7) is 2.58. The molecule has 4 nitrogen and oxygen atoms in total. The second-order valence-corrected chi connectivity index (χ2v) is 6.07. The van der Waals surface area contributed by atoms with Crippen molar-refractivity contribution in [2.45, 2.75) is 24.8 Å². The first-order chi connectivity index (χ1) is 8.87. The van der Waals surface area contributed by atoms with Gasteiger partial charge in [-0.2, -0.15) is 22.0 Å². The lowest BCUT2D eigenvalue weighted by atomic mass is 10.1. The number of hydrogen-bond donors (Lipinski definition) is 0. The number of alkyl halides is 3. The van der Waals surface area contributed by atoms with Gasteiger partial charge in [0, 0.05) is 6.08 Å². The maximum absolute atomic E-state index is 11.8. The number of halogens is 5. The van der Waals surface area contributed by atoms with E-state index in [0.717, 1.165) is 23.6 Å². The van der Waals surface area contributed by atoms with Gasteiger partial charge >= 0.3 is 5.51 Å². The minimum absolute atomic E-state index is 0.488. The summed E-state index contributed by atoms with van der Waals surface area (Å²) in [7, 11) is -4.04. The topological polar surface area (TPSA) is 57.2 Å². The smallest absolute Gasteiger partial charge is 0.485 e. The maximum Gasteiger partial charge on any atom is 0.485 e. The summed E-state index contributed by atoms with van der Waals surface area (Å²) >= 11 is 0. The van der Waals surface area contributed by atoms with E-state index in [9.17, 15) is 22.0 Å². The molecule has 0 N–H and O–H groups in total. The molecule has 1 heterocycles. The Morgan fingerprint density at radius 1 is 1.20 bits per heavy atom. The van der Waals surface area contributed by atoms with Crippen LogP contribution in [0.1, 0.15) is 19.3 Å². The van der Waals surface area contributed by atoms with Gasteiger partial charge in [-0.05, 0) is 19.3 Å². The number of rotatable bonds is 2. The minimum atomic E-state index is -6.09. The van der Waals surface area contributed by atoms with Crippen molar-refractivity contribution < 1.29 is 39.4 Å². The second-order valence-electron chi connectivity index (χ2n) is 4.70. The molecule has 1 fully saturated rings. The number of likely N-dealkylation sites (N-methyl/N-ethyl adjacent to an activating group) is 1. The van der Waals surface area contributed by atoms with Gasteiger partial charge in [-0.3, -0.25) is 0 Å². The largest absolute Gasteiger partial charge is 0.741 e. The van der Waals surface area contributed by atoms with Crippen molar-refractivity contribution in [1.82, 2.24) is 0 Å². The third kappa shape index (κ3) is 7.75. The van der Waals surface area contributed by atoms with E-state index in [1.807, 2.05) is 0 Å². The zero-order chi connectivity index (χ0) is 16.0. The molecule has 0 unspecified atom stereocenters. The molecular formula is C10H16F5NO3S. The third-order valence-electron chi connectivity index (χ3n) is 2.87. The average molecular weight is 325 g/mol. The van der Waals surface area contributed by atoms with Crippen LogP contribution in [0.15, 0.2) is 12.2 Å². The first-order valence-corrected chi connectivity index (χ1v) is 7.15. The molecule has 1 saturated heterocycles. The van der Waals surface area contributed by atoms with Crippen LogP contribution in [0, 0.1) is 0 Å². The van der Waals surface area contributed by atoms with Crippen LogP contribution < -0.4 is 0 Å². The van der Waals surface area contributed by atoms with E-state index in [4.69, 9.17) is 13.0 Å². The highest BCUT2D eigenvalue weighted by molar-refractivity contribution is 7.86. The van der Waals surface area contributed by atoms with Crippen LogP contribution in [-0.4, -0.2) is 49.6 Å². The second kappa shape index (κ2) is 7.32. The lowest BCUT2D eigenvalue weighted by molar-refractivity contribution is -0.908.